The van der Waals surface area contributed by atoms with Gasteiger partial charge in [-0.05, 0) is 85.0 Å². The van der Waals surface area contributed by atoms with E-state index in [2.05, 4.69) is 34.3 Å². The van der Waals surface area contributed by atoms with Gasteiger partial charge in [0.1, 0.15) is 0 Å². The lowest BCUT2D eigenvalue weighted by Crippen LogP contribution is -2.58. The van der Waals surface area contributed by atoms with Gasteiger partial charge in [0.15, 0.2) is 0 Å². The van der Waals surface area contributed by atoms with E-state index in [-0.39, 0.29) is 5.41 Å². The Morgan fingerprint density at radius 2 is 1.89 bits per heavy atom. The zero-order chi connectivity index (χ0) is 19.4. The first-order chi connectivity index (χ1) is 12.7. The van der Waals surface area contributed by atoms with E-state index in [1.54, 1.807) is 12.5 Å². The molecular formula is C25H38O2. The second kappa shape index (κ2) is 6.51. The number of rotatable bonds is 3. The summed E-state index contributed by atoms with van der Waals surface area (Å²) in [5.74, 6) is 1.99. The van der Waals surface area contributed by atoms with Crippen molar-refractivity contribution in [3.05, 3.63) is 36.3 Å². The highest BCUT2D eigenvalue weighted by molar-refractivity contribution is 5.20. The lowest BCUT2D eigenvalue weighted by Gasteiger charge is -2.66. The molecule has 3 fully saturated rings. The van der Waals surface area contributed by atoms with E-state index in [9.17, 15) is 5.11 Å². The summed E-state index contributed by atoms with van der Waals surface area (Å²) in [5.41, 5.74) is 3.45. The Hall–Kier alpha value is -1.02. The molecule has 27 heavy (non-hydrogen) atoms. The van der Waals surface area contributed by atoms with E-state index >= 15 is 0 Å². The van der Waals surface area contributed by atoms with Crippen molar-refractivity contribution >= 4 is 0 Å². The first-order valence-corrected chi connectivity index (χ1v) is 11.1. The van der Waals surface area contributed by atoms with E-state index in [4.69, 9.17) is 4.42 Å². The summed E-state index contributed by atoms with van der Waals surface area (Å²) in [5, 5.41) is 10.9. The minimum absolute atomic E-state index is 0.263. The molecule has 0 bridgehead atoms. The van der Waals surface area contributed by atoms with Crippen LogP contribution >= 0.6 is 0 Å². The standard InChI is InChI=1S/C25H38O2/c1-17-7-8-22-24(4,19(17)15-20(26)18-10-14-27-16-18)13-9-21-23(2,3)11-6-12-25(21,22)5/h10,14,16,19-22,26H,1,6-9,11-13,15H2,2-5H3/t19-,20-,21+,22+,24+,25+/m1/s1. The first-order valence-electron chi connectivity index (χ1n) is 11.1. The van der Waals surface area contributed by atoms with Crippen LogP contribution in [0, 0.1) is 34.0 Å². The summed E-state index contributed by atoms with van der Waals surface area (Å²) in [6.07, 6.45) is 12.9. The number of aliphatic hydroxyl groups is 1. The zero-order valence-electron chi connectivity index (χ0n) is 17.8. The molecule has 2 heteroatoms. The maximum Gasteiger partial charge on any atom is 0.0960 e. The zero-order valence-corrected chi connectivity index (χ0v) is 17.8. The largest absolute Gasteiger partial charge is 0.472 e. The average Bonchev–Trinajstić information content (AvgIpc) is 3.11. The molecule has 0 spiro atoms. The molecule has 3 saturated carbocycles. The van der Waals surface area contributed by atoms with Gasteiger partial charge in [-0.2, -0.15) is 0 Å². The van der Waals surface area contributed by atoms with Crippen molar-refractivity contribution in [1.82, 2.24) is 0 Å². The summed E-state index contributed by atoms with van der Waals surface area (Å²) in [6, 6.07) is 1.90. The molecule has 1 aromatic heterocycles. The van der Waals surface area contributed by atoms with Crippen molar-refractivity contribution in [2.24, 2.45) is 34.0 Å². The molecule has 0 saturated heterocycles. The minimum Gasteiger partial charge on any atom is -0.472 e. The van der Waals surface area contributed by atoms with Crippen LogP contribution in [0.1, 0.15) is 90.7 Å². The number of fused-ring (bicyclic) bond motifs is 3. The normalized spacial score (nSPS) is 42.3. The highest BCUT2D eigenvalue weighted by Crippen LogP contribution is 2.69. The van der Waals surface area contributed by atoms with Crippen molar-refractivity contribution in [3.8, 4) is 0 Å². The summed E-state index contributed by atoms with van der Waals surface area (Å²) >= 11 is 0. The Morgan fingerprint density at radius 3 is 2.59 bits per heavy atom. The van der Waals surface area contributed by atoms with E-state index in [0.717, 1.165) is 30.2 Å². The second-order valence-corrected chi connectivity index (χ2v) is 11.1. The van der Waals surface area contributed by atoms with Gasteiger partial charge >= 0.3 is 0 Å². The van der Waals surface area contributed by atoms with Gasteiger partial charge in [0.2, 0.25) is 0 Å². The number of allylic oxidation sites excluding steroid dienone is 1. The third-order valence-corrected chi connectivity index (χ3v) is 9.27. The fourth-order valence-corrected chi connectivity index (χ4v) is 7.99. The van der Waals surface area contributed by atoms with Crippen LogP contribution in [-0.4, -0.2) is 5.11 Å². The molecule has 6 atom stereocenters. The van der Waals surface area contributed by atoms with Crippen LogP contribution < -0.4 is 0 Å². The van der Waals surface area contributed by atoms with Crippen LogP contribution in [0.15, 0.2) is 35.2 Å². The van der Waals surface area contributed by atoms with Crippen LogP contribution in [0.4, 0.5) is 0 Å². The molecular weight excluding hydrogens is 332 g/mol. The number of hydrogen-bond donors (Lipinski definition) is 1. The highest BCUT2D eigenvalue weighted by atomic mass is 16.3. The molecule has 0 aliphatic heterocycles. The van der Waals surface area contributed by atoms with Crippen LogP contribution in [0.2, 0.25) is 0 Å². The number of hydrogen-bond acceptors (Lipinski definition) is 2. The third-order valence-electron chi connectivity index (χ3n) is 9.27. The maximum atomic E-state index is 10.9. The van der Waals surface area contributed by atoms with E-state index in [0.29, 0.717) is 16.7 Å². The molecule has 1 heterocycles. The van der Waals surface area contributed by atoms with Crippen molar-refractivity contribution in [1.29, 1.82) is 0 Å². The molecule has 3 aliphatic carbocycles. The van der Waals surface area contributed by atoms with Gasteiger partial charge in [-0.3, -0.25) is 0 Å². The van der Waals surface area contributed by atoms with E-state index < -0.39 is 6.10 Å². The monoisotopic (exact) mass is 370 g/mol. The van der Waals surface area contributed by atoms with Gasteiger partial charge in [0.25, 0.3) is 0 Å². The summed E-state index contributed by atoms with van der Waals surface area (Å²) in [6.45, 7) is 14.6. The molecule has 1 aromatic rings. The number of furan rings is 1. The highest BCUT2D eigenvalue weighted by Gasteiger charge is 2.61. The summed E-state index contributed by atoms with van der Waals surface area (Å²) < 4.78 is 5.21. The molecule has 0 unspecified atom stereocenters. The SMILES string of the molecule is C=C1CC[C@H]2[C@@](C)(CC[C@H]3C(C)(C)CCC[C@]23C)[C@@H]1C[C@@H](O)c1ccoc1. The predicted octanol–water partition coefficient (Wildman–Crippen LogP) is 6.92. The average molecular weight is 371 g/mol. The Kier molecular flexibility index (Phi) is 4.65. The van der Waals surface area contributed by atoms with Crippen LogP contribution in [-0.2, 0) is 0 Å². The Labute approximate surface area is 165 Å². The fraction of sp³-hybridized carbons (Fsp3) is 0.760. The third kappa shape index (κ3) is 2.94. The van der Waals surface area contributed by atoms with Crippen molar-refractivity contribution in [2.45, 2.75) is 85.2 Å². The quantitative estimate of drug-likeness (QED) is 0.586. The van der Waals surface area contributed by atoms with Crippen molar-refractivity contribution in [3.63, 3.8) is 0 Å². The molecule has 150 valence electrons. The smallest absolute Gasteiger partial charge is 0.0960 e. The topological polar surface area (TPSA) is 33.4 Å². The molecule has 0 amide bonds. The van der Waals surface area contributed by atoms with Crippen LogP contribution in [0.25, 0.3) is 0 Å². The molecule has 3 aliphatic rings. The van der Waals surface area contributed by atoms with Gasteiger partial charge in [0.05, 0.1) is 18.6 Å². The molecule has 1 N–H and O–H groups in total. The van der Waals surface area contributed by atoms with Gasteiger partial charge in [-0.15, -0.1) is 0 Å². The summed E-state index contributed by atoms with van der Waals surface area (Å²) in [7, 11) is 0. The first kappa shape index (κ1) is 19.3. The van der Waals surface area contributed by atoms with E-state index in [1.807, 2.05) is 6.07 Å². The summed E-state index contributed by atoms with van der Waals surface area (Å²) in [4.78, 5) is 0. The van der Waals surface area contributed by atoms with Gasteiger partial charge in [-0.25, -0.2) is 0 Å². The lowest BCUT2D eigenvalue weighted by molar-refractivity contribution is -0.156. The Bertz CT molecular complexity index is 687. The lowest BCUT2D eigenvalue weighted by atomic mass is 9.39. The van der Waals surface area contributed by atoms with E-state index in [1.165, 1.54) is 44.1 Å². The van der Waals surface area contributed by atoms with Crippen molar-refractivity contribution in [2.75, 3.05) is 0 Å². The molecule has 2 nitrogen and oxygen atoms in total. The van der Waals surface area contributed by atoms with Gasteiger partial charge in [0, 0.05) is 5.56 Å². The minimum atomic E-state index is -0.450. The van der Waals surface area contributed by atoms with Gasteiger partial charge in [-0.1, -0.05) is 46.3 Å². The molecule has 0 radical (unpaired) electrons. The Balaban J connectivity index is 1.65. The Morgan fingerprint density at radius 1 is 1.11 bits per heavy atom. The molecule has 0 aromatic carbocycles. The van der Waals surface area contributed by atoms with Gasteiger partial charge < -0.3 is 9.52 Å². The molecule has 4 rings (SSSR count). The second-order valence-electron chi connectivity index (χ2n) is 11.1. The van der Waals surface area contributed by atoms with Crippen LogP contribution in [0.3, 0.4) is 0 Å². The maximum absolute atomic E-state index is 10.9. The predicted molar refractivity (Wildman–Crippen MR) is 110 cm³/mol. The van der Waals surface area contributed by atoms with Crippen molar-refractivity contribution < 1.29 is 9.52 Å². The fourth-order valence-electron chi connectivity index (χ4n) is 7.99. The number of aliphatic hydroxyl groups excluding tert-OH is 1. The van der Waals surface area contributed by atoms with Crippen LogP contribution in [0.5, 0.6) is 0 Å².